The maximum Gasteiger partial charge on any atom is 0.313 e. The van der Waals surface area contributed by atoms with Crippen LogP contribution in [0.2, 0.25) is 0 Å². The van der Waals surface area contributed by atoms with Crippen molar-refractivity contribution in [2.45, 2.75) is 18.9 Å². The van der Waals surface area contributed by atoms with Crippen molar-refractivity contribution in [1.29, 1.82) is 0 Å². The summed E-state index contributed by atoms with van der Waals surface area (Å²) in [5, 5.41) is 13.2. The van der Waals surface area contributed by atoms with Crippen LogP contribution in [0.1, 0.15) is 12.8 Å². The number of anilines is 1. The lowest BCUT2D eigenvalue weighted by Crippen LogP contribution is -2.46. The molecule has 1 aliphatic rings. The Balaban J connectivity index is 1.52. The first-order chi connectivity index (χ1) is 13.0. The molecular formula is C19H19N3O5. The number of carbonyl (C=O) groups is 2. The lowest BCUT2D eigenvalue weighted by Gasteiger charge is -2.31. The van der Waals surface area contributed by atoms with Crippen molar-refractivity contribution in [3.8, 4) is 5.75 Å². The summed E-state index contributed by atoms with van der Waals surface area (Å²) < 4.78 is 5.87. The molecule has 27 heavy (non-hydrogen) atoms. The van der Waals surface area contributed by atoms with E-state index in [2.05, 4.69) is 5.32 Å². The predicted molar refractivity (Wildman–Crippen MR) is 98.4 cm³/mol. The first-order valence-electron chi connectivity index (χ1n) is 8.59. The number of ether oxygens (including phenoxy) is 1. The van der Waals surface area contributed by atoms with Crippen molar-refractivity contribution in [2.24, 2.45) is 0 Å². The van der Waals surface area contributed by atoms with Crippen LogP contribution in [0.4, 0.5) is 11.4 Å². The Morgan fingerprint density at radius 3 is 2.44 bits per heavy atom. The van der Waals surface area contributed by atoms with Gasteiger partial charge in [-0.05, 0) is 18.2 Å². The van der Waals surface area contributed by atoms with Crippen LogP contribution in [0.15, 0.2) is 54.6 Å². The van der Waals surface area contributed by atoms with E-state index in [0.717, 1.165) is 5.75 Å². The maximum absolute atomic E-state index is 12.3. The molecule has 8 heteroatoms. The zero-order chi connectivity index (χ0) is 19.2. The number of benzene rings is 2. The number of para-hydroxylation sites is 1. The van der Waals surface area contributed by atoms with E-state index in [1.165, 1.54) is 29.2 Å². The van der Waals surface area contributed by atoms with Gasteiger partial charge in [0.15, 0.2) is 0 Å². The summed E-state index contributed by atoms with van der Waals surface area (Å²) in [7, 11) is 0. The predicted octanol–water partition coefficient (Wildman–Crippen LogP) is 2.60. The number of piperidine rings is 1. The van der Waals surface area contributed by atoms with E-state index >= 15 is 0 Å². The number of hydrogen-bond donors (Lipinski definition) is 1. The van der Waals surface area contributed by atoms with E-state index in [0.29, 0.717) is 25.9 Å². The SMILES string of the molecule is O=C(Nc1cccc([N+](=O)[O-])c1)C(=O)N1CCC(Oc2ccccc2)CC1. The molecular weight excluding hydrogens is 350 g/mol. The van der Waals surface area contributed by atoms with Gasteiger partial charge in [-0.1, -0.05) is 24.3 Å². The highest BCUT2D eigenvalue weighted by Gasteiger charge is 2.28. The van der Waals surface area contributed by atoms with Gasteiger partial charge in [-0.3, -0.25) is 19.7 Å². The Morgan fingerprint density at radius 2 is 1.78 bits per heavy atom. The highest BCUT2D eigenvalue weighted by molar-refractivity contribution is 6.39. The van der Waals surface area contributed by atoms with E-state index in [9.17, 15) is 19.7 Å². The number of rotatable bonds is 4. The minimum atomic E-state index is -0.807. The van der Waals surface area contributed by atoms with E-state index in [-0.39, 0.29) is 17.5 Å². The number of non-ortho nitro benzene ring substituents is 1. The van der Waals surface area contributed by atoms with Crippen molar-refractivity contribution in [2.75, 3.05) is 18.4 Å². The third-order valence-electron chi connectivity index (χ3n) is 4.28. The van der Waals surface area contributed by atoms with E-state index in [1.54, 1.807) is 0 Å². The average Bonchev–Trinajstić information content (AvgIpc) is 2.69. The Labute approximate surface area is 155 Å². The smallest absolute Gasteiger partial charge is 0.313 e. The van der Waals surface area contributed by atoms with Crippen molar-refractivity contribution in [3.63, 3.8) is 0 Å². The molecule has 1 N–H and O–H groups in total. The maximum atomic E-state index is 12.3. The molecule has 1 fully saturated rings. The second kappa shape index (κ2) is 8.31. The Morgan fingerprint density at radius 1 is 1.07 bits per heavy atom. The lowest BCUT2D eigenvalue weighted by atomic mass is 10.1. The number of nitrogens with zero attached hydrogens (tertiary/aromatic N) is 2. The number of hydrogen-bond acceptors (Lipinski definition) is 5. The zero-order valence-electron chi connectivity index (χ0n) is 14.5. The summed E-state index contributed by atoms with van der Waals surface area (Å²) in [6, 6.07) is 14.9. The molecule has 2 amide bonds. The van der Waals surface area contributed by atoms with Gasteiger partial charge >= 0.3 is 11.8 Å². The molecule has 1 saturated heterocycles. The first kappa shape index (κ1) is 18.4. The van der Waals surface area contributed by atoms with Crippen molar-refractivity contribution >= 4 is 23.2 Å². The molecule has 0 radical (unpaired) electrons. The number of carbonyl (C=O) groups excluding carboxylic acids is 2. The van der Waals surface area contributed by atoms with Crippen molar-refractivity contribution < 1.29 is 19.2 Å². The molecule has 0 spiro atoms. The minimum absolute atomic E-state index is 0.00344. The molecule has 1 aliphatic heterocycles. The van der Waals surface area contributed by atoms with Crippen molar-refractivity contribution in [3.05, 3.63) is 64.7 Å². The average molecular weight is 369 g/mol. The summed E-state index contributed by atoms with van der Waals surface area (Å²) in [6.45, 7) is 0.831. The highest BCUT2D eigenvalue weighted by atomic mass is 16.6. The van der Waals surface area contributed by atoms with Crippen LogP contribution < -0.4 is 10.1 Å². The molecule has 140 valence electrons. The topological polar surface area (TPSA) is 102 Å². The molecule has 0 unspecified atom stereocenters. The molecule has 8 nitrogen and oxygen atoms in total. The van der Waals surface area contributed by atoms with E-state index in [4.69, 9.17) is 4.74 Å². The van der Waals surface area contributed by atoms with Crippen LogP contribution in [0, 0.1) is 10.1 Å². The Hall–Kier alpha value is -3.42. The molecule has 0 atom stereocenters. The Kier molecular flexibility index (Phi) is 5.65. The number of amides is 2. The summed E-state index contributed by atoms with van der Waals surface area (Å²) >= 11 is 0. The molecule has 0 aromatic heterocycles. The van der Waals surface area contributed by atoms with E-state index < -0.39 is 16.7 Å². The van der Waals surface area contributed by atoms with Gasteiger partial charge in [-0.25, -0.2) is 0 Å². The zero-order valence-corrected chi connectivity index (χ0v) is 14.5. The fraction of sp³-hybridized carbons (Fsp3) is 0.263. The Bertz CT molecular complexity index is 832. The largest absolute Gasteiger partial charge is 0.490 e. The summed E-state index contributed by atoms with van der Waals surface area (Å²) in [5.41, 5.74) is 0.0592. The van der Waals surface area contributed by atoms with Gasteiger partial charge in [-0.15, -0.1) is 0 Å². The van der Waals surface area contributed by atoms with Crippen LogP contribution in [0.25, 0.3) is 0 Å². The van der Waals surface area contributed by atoms with Crippen LogP contribution in [0.5, 0.6) is 5.75 Å². The van der Waals surface area contributed by atoms with Gasteiger partial charge < -0.3 is 15.0 Å². The minimum Gasteiger partial charge on any atom is -0.490 e. The number of likely N-dealkylation sites (tertiary alicyclic amines) is 1. The van der Waals surface area contributed by atoms with Gasteiger partial charge in [0, 0.05) is 43.8 Å². The summed E-state index contributed by atoms with van der Waals surface area (Å²) in [6.07, 6.45) is 1.26. The summed E-state index contributed by atoms with van der Waals surface area (Å²) in [5.74, 6) is -0.678. The fourth-order valence-electron chi connectivity index (χ4n) is 2.89. The number of nitrogens with one attached hydrogen (secondary N) is 1. The fourth-order valence-corrected chi connectivity index (χ4v) is 2.89. The highest BCUT2D eigenvalue weighted by Crippen LogP contribution is 2.20. The van der Waals surface area contributed by atoms with Crippen molar-refractivity contribution in [1.82, 2.24) is 4.90 Å². The molecule has 3 rings (SSSR count). The van der Waals surface area contributed by atoms with Crippen LogP contribution in [0.3, 0.4) is 0 Å². The quantitative estimate of drug-likeness (QED) is 0.507. The molecule has 0 aliphatic carbocycles. The van der Waals surface area contributed by atoms with Gasteiger partial charge in [0.25, 0.3) is 5.69 Å². The second-order valence-electron chi connectivity index (χ2n) is 6.18. The molecule has 2 aromatic carbocycles. The van der Waals surface area contributed by atoms with Crippen LogP contribution in [-0.2, 0) is 9.59 Å². The summed E-state index contributed by atoms with van der Waals surface area (Å²) in [4.78, 5) is 36.2. The number of nitro groups is 1. The van der Waals surface area contributed by atoms with Gasteiger partial charge in [0.05, 0.1) is 4.92 Å². The van der Waals surface area contributed by atoms with Gasteiger partial charge in [-0.2, -0.15) is 0 Å². The monoisotopic (exact) mass is 369 g/mol. The number of nitro benzene ring substituents is 1. The third kappa shape index (κ3) is 4.81. The lowest BCUT2D eigenvalue weighted by molar-refractivity contribution is -0.384. The van der Waals surface area contributed by atoms with Gasteiger partial charge in [0.1, 0.15) is 11.9 Å². The molecule has 2 aromatic rings. The normalized spacial score (nSPS) is 14.4. The molecule has 0 saturated carbocycles. The first-order valence-corrected chi connectivity index (χ1v) is 8.59. The third-order valence-corrected chi connectivity index (χ3v) is 4.28. The standard InChI is InChI=1S/C19H19N3O5/c23-18(20-14-5-4-6-15(13-14)22(25)26)19(24)21-11-9-17(10-12-21)27-16-7-2-1-3-8-16/h1-8,13,17H,9-12H2,(H,20,23). The second-order valence-corrected chi connectivity index (χ2v) is 6.18. The van der Waals surface area contributed by atoms with Crippen LogP contribution >= 0.6 is 0 Å². The molecule has 0 bridgehead atoms. The van der Waals surface area contributed by atoms with Crippen LogP contribution in [-0.4, -0.2) is 40.8 Å². The van der Waals surface area contributed by atoms with E-state index in [1.807, 2.05) is 30.3 Å². The molecule has 1 heterocycles. The van der Waals surface area contributed by atoms with Gasteiger partial charge in [0.2, 0.25) is 0 Å².